The van der Waals surface area contributed by atoms with E-state index in [2.05, 4.69) is 15.0 Å². The van der Waals surface area contributed by atoms with Gasteiger partial charge in [-0.1, -0.05) is 19.9 Å². The fourth-order valence-electron chi connectivity index (χ4n) is 1.99. The van der Waals surface area contributed by atoms with Crippen LogP contribution in [0.15, 0.2) is 52.5 Å². The van der Waals surface area contributed by atoms with E-state index < -0.39 is 10.0 Å². The lowest BCUT2D eigenvalue weighted by atomic mass is 10.2. The standard InChI is InChI=1S/C17H21N3O3S2/c1-12(2)17(21)20-15-9-14(6-7-16(15)24-3)25(22,23)19-11-13-5-4-8-18-10-13/h4-10,12,19H,11H2,1-3H3,(H,20,21). The number of nitrogens with one attached hydrogen (secondary N) is 2. The molecular formula is C17H21N3O3S2. The van der Waals surface area contributed by atoms with Crippen LogP contribution in [0, 0.1) is 5.92 Å². The van der Waals surface area contributed by atoms with Crippen molar-refractivity contribution in [2.24, 2.45) is 5.92 Å². The monoisotopic (exact) mass is 379 g/mol. The molecule has 0 spiro atoms. The molecule has 1 aromatic carbocycles. The summed E-state index contributed by atoms with van der Waals surface area (Å²) in [6.45, 7) is 3.71. The third-order valence-electron chi connectivity index (χ3n) is 3.45. The number of benzene rings is 1. The average molecular weight is 380 g/mol. The predicted molar refractivity (Wildman–Crippen MR) is 100.0 cm³/mol. The van der Waals surface area contributed by atoms with Gasteiger partial charge in [-0.15, -0.1) is 11.8 Å². The second-order valence-corrected chi connectivity index (χ2v) is 8.31. The van der Waals surface area contributed by atoms with Gasteiger partial charge in [-0.2, -0.15) is 0 Å². The van der Waals surface area contributed by atoms with Crippen LogP contribution in [0.2, 0.25) is 0 Å². The van der Waals surface area contributed by atoms with Crippen LogP contribution in [0.1, 0.15) is 19.4 Å². The quantitative estimate of drug-likeness (QED) is 0.722. The summed E-state index contributed by atoms with van der Waals surface area (Å²) in [7, 11) is -3.70. The molecule has 6 nitrogen and oxygen atoms in total. The number of pyridine rings is 1. The maximum absolute atomic E-state index is 12.5. The van der Waals surface area contributed by atoms with Crippen LogP contribution >= 0.6 is 11.8 Å². The number of thioether (sulfide) groups is 1. The molecule has 2 aromatic rings. The molecule has 8 heteroatoms. The highest BCUT2D eigenvalue weighted by atomic mass is 32.2. The fourth-order valence-corrected chi connectivity index (χ4v) is 3.57. The average Bonchev–Trinajstić information content (AvgIpc) is 2.60. The summed E-state index contributed by atoms with van der Waals surface area (Å²) in [5.74, 6) is -0.355. The van der Waals surface area contributed by atoms with Gasteiger partial charge in [0.1, 0.15) is 0 Å². The summed E-state index contributed by atoms with van der Waals surface area (Å²) >= 11 is 1.44. The van der Waals surface area contributed by atoms with Crippen LogP contribution in [0.25, 0.3) is 0 Å². The Hall–Kier alpha value is -1.90. The van der Waals surface area contributed by atoms with Gasteiger partial charge in [-0.25, -0.2) is 13.1 Å². The lowest BCUT2D eigenvalue weighted by Crippen LogP contribution is -2.24. The minimum absolute atomic E-state index is 0.105. The van der Waals surface area contributed by atoms with Crippen LogP contribution in [0.4, 0.5) is 5.69 Å². The molecule has 2 N–H and O–H groups in total. The second-order valence-electron chi connectivity index (χ2n) is 5.69. The Bertz CT molecular complexity index is 837. The predicted octanol–water partition coefficient (Wildman–Crippen LogP) is 2.88. The summed E-state index contributed by atoms with van der Waals surface area (Å²) in [4.78, 5) is 16.8. The number of carbonyl (C=O) groups excluding carboxylic acids is 1. The molecule has 0 saturated carbocycles. The second kappa shape index (κ2) is 8.46. The summed E-state index contributed by atoms with van der Waals surface area (Å²) in [6.07, 6.45) is 5.10. The maximum Gasteiger partial charge on any atom is 0.240 e. The Balaban J connectivity index is 2.23. The molecule has 0 unspecified atom stereocenters. The van der Waals surface area contributed by atoms with E-state index in [-0.39, 0.29) is 23.3 Å². The van der Waals surface area contributed by atoms with Crippen molar-refractivity contribution in [2.75, 3.05) is 11.6 Å². The Labute approximate surface area is 152 Å². The molecule has 0 saturated heterocycles. The molecule has 2 rings (SSSR count). The van der Waals surface area contributed by atoms with Gasteiger partial charge in [-0.05, 0) is 36.1 Å². The highest BCUT2D eigenvalue weighted by Gasteiger charge is 2.17. The van der Waals surface area contributed by atoms with Crippen molar-refractivity contribution in [1.82, 2.24) is 9.71 Å². The molecule has 0 aliphatic carbocycles. The molecule has 1 amide bonds. The lowest BCUT2D eigenvalue weighted by molar-refractivity contribution is -0.118. The molecule has 0 aliphatic rings. The van der Waals surface area contributed by atoms with Crippen LogP contribution in [0.5, 0.6) is 0 Å². The molecule has 0 bridgehead atoms. The van der Waals surface area contributed by atoms with Crippen molar-refractivity contribution in [2.45, 2.75) is 30.2 Å². The molecule has 25 heavy (non-hydrogen) atoms. The van der Waals surface area contributed by atoms with Gasteiger partial charge in [-0.3, -0.25) is 9.78 Å². The van der Waals surface area contributed by atoms with Crippen molar-refractivity contribution in [1.29, 1.82) is 0 Å². The number of hydrogen-bond donors (Lipinski definition) is 2. The Morgan fingerprint density at radius 3 is 2.64 bits per heavy atom. The first-order chi connectivity index (χ1) is 11.8. The normalized spacial score (nSPS) is 11.5. The van der Waals surface area contributed by atoms with Gasteiger partial charge in [0.2, 0.25) is 15.9 Å². The first kappa shape index (κ1) is 19.4. The molecule has 0 atom stereocenters. The van der Waals surface area contributed by atoms with Gasteiger partial charge in [0.15, 0.2) is 0 Å². The van der Waals surface area contributed by atoms with Crippen LogP contribution in [-0.2, 0) is 21.4 Å². The largest absolute Gasteiger partial charge is 0.325 e. The topological polar surface area (TPSA) is 88.2 Å². The number of nitrogens with zero attached hydrogens (tertiary/aromatic N) is 1. The molecular weight excluding hydrogens is 358 g/mol. The lowest BCUT2D eigenvalue weighted by Gasteiger charge is -2.14. The summed E-state index contributed by atoms with van der Waals surface area (Å²) in [5, 5.41) is 2.79. The number of sulfonamides is 1. The van der Waals surface area contributed by atoms with Crippen molar-refractivity contribution < 1.29 is 13.2 Å². The van der Waals surface area contributed by atoms with Crippen molar-refractivity contribution >= 4 is 33.4 Å². The van der Waals surface area contributed by atoms with Crippen LogP contribution < -0.4 is 10.0 Å². The molecule has 134 valence electrons. The Morgan fingerprint density at radius 1 is 1.28 bits per heavy atom. The SMILES string of the molecule is CSc1ccc(S(=O)(=O)NCc2cccnc2)cc1NC(=O)C(C)C. The fraction of sp³-hybridized carbons (Fsp3) is 0.294. The van der Waals surface area contributed by atoms with Crippen molar-refractivity contribution in [3.05, 3.63) is 48.3 Å². The van der Waals surface area contributed by atoms with Gasteiger partial charge in [0, 0.05) is 29.8 Å². The number of carbonyl (C=O) groups is 1. The van der Waals surface area contributed by atoms with E-state index in [1.165, 1.54) is 23.9 Å². The first-order valence-electron chi connectivity index (χ1n) is 7.71. The minimum atomic E-state index is -3.70. The Morgan fingerprint density at radius 2 is 2.04 bits per heavy atom. The smallest absolute Gasteiger partial charge is 0.240 e. The molecule has 0 aliphatic heterocycles. The molecule has 0 radical (unpaired) electrons. The van der Waals surface area contributed by atoms with E-state index in [4.69, 9.17) is 0 Å². The minimum Gasteiger partial charge on any atom is -0.325 e. The van der Waals surface area contributed by atoms with Gasteiger partial charge in [0.25, 0.3) is 0 Å². The van der Waals surface area contributed by atoms with Gasteiger partial charge < -0.3 is 5.32 Å². The number of rotatable bonds is 7. The highest BCUT2D eigenvalue weighted by molar-refractivity contribution is 7.98. The van der Waals surface area contributed by atoms with E-state index in [0.717, 1.165) is 10.5 Å². The van der Waals surface area contributed by atoms with E-state index in [1.807, 2.05) is 6.26 Å². The van der Waals surface area contributed by atoms with E-state index in [0.29, 0.717) is 5.69 Å². The zero-order valence-corrected chi connectivity index (χ0v) is 15.9. The first-order valence-corrected chi connectivity index (χ1v) is 10.4. The summed E-state index contributed by atoms with van der Waals surface area (Å²) < 4.78 is 27.6. The molecule has 1 aromatic heterocycles. The van der Waals surface area contributed by atoms with Gasteiger partial charge in [0.05, 0.1) is 10.6 Å². The van der Waals surface area contributed by atoms with Gasteiger partial charge >= 0.3 is 0 Å². The van der Waals surface area contributed by atoms with E-state index >= 15 is 0 Å². The number of amides is 1. The number of anilines is 1. The highest BCUT2D eigenvalue weighted by Crippen LogP contribution is 2.28. The zero-order valence-electron chi connectivity index (χ0n) is 14.3. The van der Waals surface area contributed by atoms with Crippen molar-refractivity contribution in [3.8, 4) is 0 Å². The van der Waals surface area contributed by atoms with E-state index in [1.54, 1.807) is 44.4 Å². The zero-order chi connectivity index (χ0) is 18.4. The third kappa shape index (κ3) is 5.29. The number of aromatic nitrogens is 1. The maximum atomic E-state index is 12.5. The van der Waals surface area contributed by atoms with Crippen LogP contribution in [-0.4, -0.2) is 25.6 Å². The van der Waals surface area contributed by atoms with Crippen molar-refractivity contribution in [3.63, 3.8) is 0 Å². The summed E-state index contributed by atoms with van der Waals surface area (Å²) in [6, 6.07) is 8.25. The summed E-state index contributed by atoms with van der Waals surface area (Å²) in [5.41, 5.74) is 1.26. The third-order valence-corrected chi connectivity index (χ3v) is 5.65. The van der Waals surface area contributed by atoms with Crippen LogP contribution in [0.3, 0.4) is 0 Å². The molecule has 0 fully saturated rings. The number of hydrogen-bond acceptors (Lipinski definition) is 5. The molecule has 1 heterocycles. The Kier molecular flexibility index (Phi) is 6.57. The van der Waals surface area contributed by atoms with E-state index in [9.17, 15) is 13.2 Å².